The average molecular weight is 384 g/mol. The lowest BCUT2D eigenvalue weighted by atomic mass is 10.1. The summed E-state index contributed by atoms with van der Waals surface area (Å²) in [5.41, 5.74) is 4.10. The first-order chi connectivity index (χ1) is 13.2. The molecule has 0 unspecified atom stereocenters. The predicted molar refractivity (Wildman–Crippen MR) is 113 cm³/mol. The van der Waals surface area contributed by atoms with E-state index in [0.717, 1.165) is 22.4 Å². The van der Waals surface area contributed by atoms with Gasteiger partial charge in [0, 0.05) is 32.4 Å². The number of nitrogens with zero attached hydrogens (tertiary/aromatic N) is 3. The number of carbonyl (C=O) groups excluding carboxylic acids is 1. The van der Waals surface area contributed by atoms with Crippen molar-refractivity contribution < 1.29 is 9.72 Å². The van der Waals surface area contributed by atoms with Crippen molar-refractivity contribution >= 4 is 23.0 Å². The zero-order valence-electron chi connectivity index (χ0n) is 17.2. The van der Waals surface area contributed by atoms with Gasteiger partial charge in [-0.25, -0.2) is 0 Å². The molecule has 0 aromatic heterocycles. The van der Waals surface area contributed by atoms with Crippen molar-refractivity contribution in [3.63, 3.8) is 0 Å². The van der Waals surface area contributed by atoms with E-state index in [-0.39, 0.29) is 23.8 Å². The molecule has 0 radical (unpaired) electrons. The minimum Gasteiger partial charge on any atom is -0.378 e. The van der Waals surface area contributed by atoms with Crippen LogP contribution in [0.25, 0.3) is 0 Å². The molecule has 0 saturated heterocycles. The van der Waals surface area contributed by atoms with Gasteiger partial charge in [-0.2, -0.15) is 0 Å². The highest BCUT2D eigenvalue weighted by molar-refractivity contribution is 5.94. The molecule has 0 fully saturated rings. The quantitative estimate of drug-likeness (QED) is 0.554. The Hall–Kier alpha value is -2.93. The molecule has 0 heterocycles. The summed E-state index contributed by atoms with van der Waals surface area (Å²) in [6.45, 7) is 7.15. The highest BCUT2D eigenvalue weighted by atomic mass is 16.6. The van der Waals surface area contributed by atoms with Crippen LogP contribution in [0.2, 0.25) is 0 Å². The van der Waals surface area contributed by atoms with Crippen LogP contribution in [0.3, 0.4) is 0 Å². The second kappa shape index (κ2) is 9.32. The molecule has 0 atom stereocenters. The number of nitro groups is 1. The molecule has 28 heavy (non-hydrogen) atoms. The lowest BCUT2D eigenvalue weighted by Gasteiger charge is -2.21. The van der Waals surface area contributed by atoms with Gasteiger partial charge >= 0.3 is 0 Å². The van der Waals surface area contributed by atoms with Gasteiger partial charge in [-0.1, -0.05) is 19.1 Å². The van der Waals surface area contributed by atoms with Crippen LogP contribution in [0, 0.1) is 24.0 Å². The lowest BCUT2D eigenvalue weighted by Crippen LogP contribution is -2.33. The Balaban J connectivity index is 2.06. The molecule has 150 valence electrons. The van der Waals surface area contributed by atoms with Gasteiger partial charge in [-0.3, -0.25) is 19.8 Å². The number of nitrogens with one attached hydrogen (secondary N) is 1. The number of likely N-dealkylation sites (N-methyl/N-ethyl adjacent to an activating group) is 1. The topological polar surface area (TPSA) is 78.7 Å². The number of hydrogen-bond donors (Lipinski definition) is 1. The molecule has 2 rings (SSSR count). The summed E-state index contributed by atoms with van der Waals surface area (Å²) in [7, 11) is 3.98. The molecular formula is C21H28N4O3. The number of amides is 1. The van der Waals surface area contributed by atoms with Gasteiger partial charge in [0.25, 0.3) is 5.69 Å². The summed E-state index contributed by atoms with van der Waals surface area (Å²) in [6.07, 6.45) is 0. The maximum absolute atomic E-state index is 12.5. The maximum Gasteiger partial charge on any atom is 0.293 e. The largest absolute Gasteiger partial charge is 0.378 e. The van der Waals surface area contributed by atoms with Crippen LogP contribution in [0.15, 0.2) is 36.4 Å². The molecule has 7 heteroatoms. The van der Waals surface area contributed by atoms with E-state index in [4.69, 9.17) is 0 Å². The van der Waals surface area contributed by atoms with E-state index in [1.165, 1.54) is 6.07 Å². The SMILES string of the molecule is CCN(CC(=O)Nc1cc(C)c(C)cc1[N+](=O)[O-])Cc1ccc(N(C)C)cc1. The van der Waals surface area contributed by atoms with Crippen LogP contribution in [0.5, 0.6) is 0 Å². The zero-order chi connectivity index (χ0) is 20.8. The molecule has 0 aliphatic heterocycles. The van der Waals surface area contributed by atoms with Crippen LogP contribution in [0.4, 0.5) is 17.1 Å². The Bertz CT molecular complexity index is 847. The van der Waals surface area contributed by atoms with Crippen molar-refractivity contribution in [2.24, 2.45) is 0 Å². The molecule has 2 aromatic rings. The standard InChI is InChI=1S/C21H28N4O3/c1-6-24(13-17-7-9-18(10-8-17)23(4)5)14-21(26)22-19-11-15(2)16(3)12-20(19)25(27)28/h7-12H,6,13-14H2,1-5H3,(H,22,26). The number of nitro benzene ring substituents is 1. The summed E-state index contributed by atoms with van der Waals surface area (Å²) in [4.78, 5) is 27.4. The van der Waals surface area contributed by atoms with Gasteiger partial charge in [0.1, 0.15) is 5.69 Å². The smallest absolute Gasteiger partial charge is 0.293 e. The van der Waals surface area contributed by atoms with E-state index in [1.807, 2.05) is 68.9 Å². The number of rotatable bonds is 8. The fourth-order valence-corrected chi connectivity index (χ4v) is 2.88. The molecule has 7 nitrogen and oxygen atoms in total. The summed E-state index contributed by atoms with van der Waals surface area (Å²) in [5, 5.41) is 14.0. The number of hydrogen-bond acceptors (Lipinski definition) is 5. The fourth-order valence-electron chi connectivity index (χ4n) is 2.88. The van der Waals surface area contributed by atoms with Crippen molar-refractivity contribution in [1.29, 1.82) is 0 Å². The van der Waals surface area contributed by atoms with E-state index in [0.29, 0.717) is 13.1 Å². The average Bonchev–Trinajstić information content (AvgIpc) is 2.64. The second-order valence-corrected chi connectivity index (χ2v) is 7.12. The van der Waals surface area contributed by atoms with E-state index in [1.54, 1.807) is 6.07 Å². The van der Waals surface area contributed by atoms with Crippen LogP contribution >= 0.6 is 0 Å². The monoisotopic (exact) mass is 384 g/mol. The lowest BCUT2D eigenvalue weighted by molar-refractivity contribution is -0.384. The Morgan fingerprint density at radius 1 is 1.11 bits per heavy atom. The van der Waals surface area contributed by atoms with Gasteiger partial charge in [-0.15, -0.1) is 0 Å². The van der Waals surface area contributed by atoms with Gasteiger partial charge < -0.3 is 10.2 Å². The van der Waals surface area contributed by atoms with Crippen molar-refractivity contribution in [3.05, 3.63) is 63.2 Å². The van der Waals surface area contributed by atoms with Crippen molar-refractivity contribution in [2.45, 2.75) is 27.3 Å². The van der Waals surface area contributed by atoms with Gasteiger partial charge in [0.15, 0.2) is 0 Å². The van der Waals surface area contributed by atoms with Gasteiger partial charge in [0.2, 0.25) is 5.91 Å². The summed E-state index contributed by atoms with van der Waals surface area (Å²) in [6, 6.07) is 11.3. The minimum atomic E-state index is -0.466. The predicted octanol–water partition coefficient (Wildman–Crippen LogP) is 3.74. The van der Waals surface area contributed by atoms with E-state index in [9.17, 15) is 14.9 Å². The van der Waals surface area contributed by atoms with E-state index >= 15 is 0 Å². The van der Waals surface area contributed by atoms with Crippen LogP contribution in [-0.4, -0.2) is 42.9 Å². The fraction of sp³-hybridized carbons (Fsp3) is 0.381. The summed E-state index contributed by atoms with van der Waals surface area (Å²) in [5.74, 6) is -0.266. The molecule has 0 bridgehead atoms. The number of carbonyl (C=O) groups is 1. The third-order valence-electron chi connectivity index (χ3n) is 4.76. The van der Waals surface area contributed by atoms with E-state index < -0.39 is 4.92 Å². The molecule has 1 amide bonds. The van der Waals surface area contributed by atoms with E-state index in [2.05, 4.69) is 5.32 Å². The maximum atomic E-state index is 12.5. The van der Waals surface area contributed by atoms with Gasteiger partial charge in [0.05, 0.1) is 11.5 Å². The van der Waals surface area contributed by atoms with Crippen LogP contribution in [0.1, 0.15) is 23.6 Å². The molecule has 2 aromatic carbocycles. The van der Waals surface area contributed by atoms with Crippen LogP contribution in [-0.2, 0) is 11.3 Å². The Labute approximate surface area is 166 Å². The van der Waals surface area contributed by atoms with Gasteiger partial charge in [-0.05, 0) is 55.3 Å². The third-order valence-corrected chi connectivity index (χ3v) is 4.76. The normalized spacial score (nSPS) is 10.8. The highest BCUT2D eigenvalue weighted by Gasteiger charge is 2.18. The van der Waals surface area contributed by atoms with Crippen molar-refractivity contribution in [2.75, 3.05) is 37.4 Å². The Kier molecular flexibility index (Phi) is 7.12. The molecule has 0 aliphatic carbocycles. The minimum absolute atomic E-state index is 0.0845. The Morgan fingerprint density at radius 2 is 1.71 bits per heavy atom. The first kappa shape index (κ1) is 21.4. The number of aryl methyl sites for hydroxylation is 2. The van der Waals surface area contributed by atoms with Crippen LogP contribution < -0.4 is 10.2 Å². The molecule has 0 spiro atoms. The molecule has 1 N–H and O–H groups in total. The molecular weight excluding hydrogens is 356 g/mol. The number of benzene rings is 2. The summed E-state index contributed by atoms with van der Waals surface area (Å²) >= 11 is 0. The van der Waals surface area contributed by atoms with Crippen molar-refractivity contribution in [1.82, 2.24) is 4.90 Å². The second-order valence-electron chi connectivity index (χ2n) is 7.12. The Morgan fingerprint density at radius 3 is 2.25 bits per heavy atom. The zero-order valence-corrected chi connectivity index (χ0v) is 17.2. The van der Waals surface area contributed by atoms with Crippen molar-refractivity contribution in [3.8, 4) is 0 Å². The first-order valence-electron chi connectivity index (χ1n) is 9.25. The number of anilines is 2. The molecule has 0 aliphatic rings. The third kappa shape index (κ3) is 5.53. The molecule has 0 saturated carbocycles. The highest BCUT2D eigenvalue weighted by Crippen LogP contribution is 2.28. The first-order valence-corrected chi connectivity index (χ1v) is 9.25. The summed E-state index contributed by atoms with van der Waals surface area (Å²) < 4.78 is 0.